The topological polar surface area (TPSA) is 24.9 Å². The summed E-state index contributed by atoms with van der Waals surface area (Å²) in [4.78, 5) is 5.89. The van der Waals surface area contributed by atoms with Crippen LogP contribution in [0.25, 0.3) is 0 Å². The van der Waals surface area contributed by atoms with E-state index in [0.29, 0.717) is 0 Å². The highest BCUT2D eigenvalue weighted by Crippen LogP contribution is 2.37. The van der Waals surface area contributed by atoms with Crippen LogP contribution in [0, 0.1) is 13.8 Å². The monoisotopic (exact) mass is 286 g/mol. The first-order chi connectivity index (χ1) is 9.69. The van der Waals surface area contributed by atoms with Gasteiger partial charge in [-0.3, -0.25) is 0 Å². The second kappa shape index (κ2) is 5.66. The van der Waals surface area contributed by atoms with E-state index in [9.17, 15) is 0 Å². The molecular weight excluding hydrogens is 264 g/mol. The lowest BCUT2D eigenvalue weighted by Gasteiger charge is -2.26. The molecule has 106 valence electrons. The van der Waals surface area contributed by atoms with Gasteiger partial charge >= 0.3 is 0 Å². The molecule has 1 atom stereocenters. The smallest absolute Gasteiger partial charge is 0.0900 e. The Kier molecular flexibility index (Phi) is 3.90. The molecule has 1 heterocycles. The van der Waals surface area contributed by atoms with E-state index in [0.717, 1.165) is 16.6 Å². The number of hydrogen-bond donors (Lipinski definition) is 1. The van der Waals surface area contributed by atoms with Crippen LogP contribution in [0.4, 0.5) is 0 Å². The molecule has 0 radical (unpaired) electrons. The number of benzene rings is 1. The zero-order valence-corrected chi connectivity index (χ0v) is 13.3. The molecule has 0 amide bonds. The molecule has 1 aromatic carbocycles. The van der Waals surface area contributed by atoms with Crippen LogP contribution in [0.3, 0.4) is 0 Å². The minimum absolute atomic E-state index is 0.261. The number of thiazole rings is 1. The summed E-state index contributed by atoms with van der Waals surface area (Å²) >= 11 is 1.79. The maximum Gasteiger partial charge on any atom is 0.0900 e. The first kappa shape index (κ1) is 13.8. The third-order valence-corrected chi connectivity index (χ3v) is 5.47. The van der Waals surface area contributed by atoms with E-state index >= 15 is 0 Å². The van der Waals surface area contributed by atoms with Crippen LogP contribution in [-0.2, 0) is 0 Å². The van der Waals surface area contributed by atoms with Gasteiger partial charge in [0.25, 0.3) is 0 Å². The van der Waals surface area contributed by atoms with E-state index in [1.54, 1.807) is 11.3 Å². The second-order valence-electron chi connectivity index (χ2n) is 5.70. The second-order valence-corrected chi connectivity index (χ2v) is 6.93. The van der Waals surface area contributed by atoms with Crippen LogP contribution in [0.1, 0.15) is 57.9 Å². The van der Waals surface area contributed by atoms with Crippen molar-refractivity contribution in [1.82, 2.24) is 10.3 Å². The average Bonchev–Trinajstić information content (AvgIpc) is 2.70. The Balaban J connectivity index is 1.87. The van der Waals surface area contributed by atoms with Gasteiger partial charge in [0.1, 0.15) is 0 Å². The van der Waals surface area contributed by atoms with E-state index < -0.39 is 0 Å². The summed E-state index contributed by atoms with van der Waals surface area (Å²) in [5.74, 6) is 0.810. The van der Waals surface area contributed by atoms with Crippen molar-refractivity contribution in [2.45, 2.75) is 45.1 Å². The highest BCUT2D eigenvalue weighted by atomic mass is 32.1. The highest BCUT2D eigenvalue weighted by molar-refractivity contribution is 7.11. The zero-order chi connectivity index (χ0) is 14.1. The summed E-state index contributed by atoms with van der Waals surface area (Å²) in [5, 5.41) is 4.58. The molecule has 1 saturated carbocycles. The van der Waals surface area contributed by atoms with E-state index in [4.69, 9.17) is 0 Å². The Morgan fingerprint density at radius 2 is 1.90 bits per heavy atom. The van der Waals surface area contributed by atoms with Gasteiger partial charge < -0.3 is 5.32 Å². The normalized spacial score (nSPS) is 16.9. The van der Waals surface area contributed by atoms with Crippen LogP contribution < -0.4 is 5.32 Å². The highest BCUT2D eigenvalue weighted by Gasteiger charge is 2.21. The molecule has 1 fully saturated rings. The molecule has 2 aromatic rings. The number of aromatic nitrogens is 1. The van der Waals surface area contributed by atoms with Crippen LogP contribution in [0.2, 0.25) is 0 Å². The van der Waals surface area contributed by atoms with Crippen molar-refractivity contribution in [2.24, 2.45) is 0 Å². The van der Waals surface area contributed by atoms with Crippen LogP contribution in [-0.4, -0.2) is 12.0 Å². The lowest BCUT2D eigenvalue weighted by atomic mass is 9.80. The minimum atomic E-state index is 0.261. The Hall–Kier alpha value is -1.19. The molecule has 1 aliphatic carbocycles. The van der Waals surface area contributed by atoms with Crippen molar-refractivity contribution in [3.63, 3.8) is 0 Å². The van der Waals surface area contributed by atoms with Crippen molar-refractivity contribution >= 4 is 11.3 Å². The minimum Gasteiger partial charge on any atom is -0.309 e. The first-order valence-electron chi connectivity index (χ1n) is 7.40. The predicted octanol–water partition coefficient (Wildman–Crippen LogP) is 4.34. The zero-order valence-electron chi connectivity index (χ0n) is 12.4. The molecule has 2 nitrogen and oxygen atoms in total. The fraction of sp³-hybridized carbons (Fsp3) is 0.471. The number of rotatable bonds is 4. The summed E-state index contributed by atoms with van der Waals surface area (Å²) < 4.78 is 0. The first-order valence-corrected chi connectivity index (χ1v) is 8.21. The third kappa shape index (κ3) is 2.52. The summed E-state index contributed by atoms with van der Waals surface area (Å²) in [6.07, 6.45) is 4.12. The number of hydrogen-bond acceptors (Lipinski definition) is 3. The number of nitrogens with one attached hydrogen (secondary N) is 1. The maximum atomic E-state index is 4.55. The standard InChI is InChI=1S/C17H22N2S/c1-11-17(20-12(2)19-11)16(18-3)15-9-7-14(8-10-15)13-5-4-6-13/h7-10,13,16,18H,4-6H2,1-3H3. The SMILES string of the molecule is CNC(c1ccc(C2CCC2)cc1)c1sc(C)nc1C. The van der Waals surface area contributed by atoms with Crippen molar-refractivity contribution in [2.75, 3.05) is 7.05 Å². The van der Waals surface area contributed by atoms with Crippen molar-refractivity contribution in [3.8, 4) is 0 Å². The molecule has 1 aromatic heterocycles. The Bertz CT molecular complexity index is 582. The Morgan fingerprint density at radius 1 is 1.20 bits per heavy atom. The lowest BCUT2D eigenvalue weighted by molar-refractivity contribution is 0.419. The van der Waals surface area contributed by atoms with Crippen molar-refractivity contribution in [3.05, 3.63) is 51.0 Å². The Morgan fingerprint density at radius 3 is 2.35 bits per heavy atom. The molecule has 0 saturated heterocycles. The molecule has 3 heteroatoms. The van der Waals surface area contributed by atoms with Crippen molar-refractivity contribution in [1.29, 1.82) is 0 Å². The summed E-state index contributed by atoms with van der Waals surface area (Å²) in [6, 6.07) is 9.45. The fourth-order valence-electron chi connectivity index (χ4n) is 2.97. The molecule has 0 aliphatic heterocycles. The number of nitrogens with zero attached hydrogens (tertiary/aromatic N) is 1. The van der Waals surface area contributed by atoms with Crippen LogP contribution in [0.5, 0.6) is 0 Å². The molecule has 1 N–H and O–H groups in total. The molecule has 0 bridgehead atoms. The molecule has 0 spiro atoms. The fourth-order valence-corrected chi connectivity index (χ4v) is 4.03. The van der Waals surface area contributed by atoms with Gasteiger partial charge in [-0.1, -0.05) is 30.7 Å². The van der Waals surface area contributed by atoms with Gasteiger partial charge in [0.2, 0.25) is 0 Å². The van der Waals surface area contributed by atoms with Gasteiger partial charge in [-0.15, -0.1) is 11.3 Å². The largest absolute Gasteiger partial charge is 0.309 e. The Labute approximate surface area is 125 Å². The van der Waals surface area contributed by atoms with Crippen molar-refractivity contribution < 1.29 is 0 Å². The molecule has 1 unspecified atom stereocenters. The van der Waals surface area contributed by atoms with Gasteiger partial charge in [-0.05, 0) is 50.8 Å². The predicted molar refractivity (Wildman–Crippen MR) is 85.5 cm³/mol. The van der Waals surface area contributed by atoms with Gasteiger partial charge in [0.15, 0.2) is 0 Å². The van der Waals surface area contributed by atoms with Gasteiger partial charge in [-0.25, -0.2) is 4.98 Å². The van der Waals surface area contributed by atoms with Crippen LogP contribution >= 0.6 is 11.3 Å². The van der Waals surface area contributed by atoms with Gasteiger partial charge in [0, 0.05) is 4.88 Å². The van der Waals surface area contributed by atoms with E-state index in [-0.39, 0.29) is 6.04 Å². The summed E-state index contributed by atoms with van der Waals surface area (Å²) in [7, 11) is 2.03. The van der Waals surface area contributed by atoms with Crippen LogP contribution in [0.15, 0.2) is 24.3 Å². The average molecular weight is 286 g/mol. The molecule has 20 heavy (non-hydrogen) atoms. The van der Waals surface area contributed by atoms with E-state index in [1.807, 2.05) is 7.05 Å². The summed E-state index contributed by atoms with van der Waals surface area (Å²) in [5.41, 5.74) is 3.99. The lowest BCUT2D eigenvalue weighted by Crippen LogP contribution is -2.17. The molecular formula is C17H22N2S. The third-order valence-electron chi connectivity index (χ3n) is 4.34. The maximum absolute atomic E-state index is 4.55. The van der Waals surface area contributed by atoms with Gasteiger partial charge in [0.05, 0.1) is 16.7 Å². The molecule has 3 rings (SSSR count). The van der Waals surface area contributed by atoms with E-state index in [2.05, 4.69) is 48.4 Å². The molecule has 1 aliphatic rings. The van der Waals surface area contributed by atoms with Gasteiger partial charge in [-0.2, -0.15) is 0 Å². The summed E-state index contributed by atoms with van der Waals surface area (Å²) in [6.45, 7) is 4.18. The van der Waals surface area contributed by atoms with E-state index in [1.165, 1.54) is 35.3 Å². The quantitative estimate of drug-likeness (QED) is 0.904. The number of aryl methyl sites for hydroxylation is 2.